The van der Waals surface area contributed by atoms with Crippen molar-refractivity contribution in [3.05, 3.63) is 89.5 Å². The van der Waals surface area contributed by atoms with Gasteiger partial charge >= 0.3 is 6.18 Å². The van der Waals surface area contributed by atoms with Crippen LogP contribution < -0.4 is 4.90 Å². The Kier molecular flexibility index (Phi) is 10.3. The van der Waals surface area contributed by atoms with Crippen LogP contribution in [-0.2, 0) is 29.7 Å². The number of nitrogens with zero attached hydrogens (tertiary/aromatic N) is 10. The van der Waals surface area contributed by atoms with Crippen LogP contribution in [0.25, 0.3) is 22.3 Å². The second-order valence-electron chi connectivity index (χ2n) is 16.5. The highest BCUT2D eigenvalue weighted by molar-refractivity contribution is 6.76. The number of hydrogen-bond donors (Lipinski definition) is 0. The molecule has 58 heavy (non-hydrogen) atoms. The van der Waals surface area contributed by atoms with Gasteiger partial charge in [-0.05, 0) is 56.2 Å². The predicted octanol–water partition coefficient (Wildman–Crippen LogP) is 6.55. The lowest BCUT2D eigenvalue weighted by atomic mass is 9.83. The van der Waals surface area contributed by atoms with Gasteiger partial charge in [0.2, 0.25) is 0 Å². The van der Waals surface area contributed by atoms with Crippen LogP contribution in [0.2, 0.25) is 25.7 Å². The fourth-order valence-electron chi connectivity index (χ4n) is 8.13. The van der Waals surface area contributed by atoms with E-state index in [4.69, 9.17) is 9.84 Å². The zero-order chi connectivity index (χ0) is 41.0. The number of carbonyl (C=O) groups is 2. The SMILES string of the molecule is C[Si](C)(C)CCOCn1ccc2c(-c3cn(C4(CC#N)CN(C5CCN(Cc6ccnc(C(F)(F)F)c6F)CC5)C4)nc3N3C(=O)c4ccccc4C3=O)ncnc21. The quantitative estimate of drug-likeness (QED) is 0.0590. The average molecular weight is 815 g/mol. The first kappa shape index (κ1) is 39.5. The van der Waals surface area contributed by atoms with Gasteiger partial charge in [0.1, 0.15) is 24.2 Å². The third-order valence-electron chi connectivity index (χ3n) is 11.3. The molecule has 5 aromatic rings. The number of hydrogen-bond acceptors (Lipinski definition) is 10. The van der Waals surface area contributed by atoms with Crippen LogP contribution in [0, 0.1) is 17.1 Å². The number of pyridine rings is 1. The van der Waals surface area contributed by atoms with Crippen molar-refractivity contribution >= 4 is 36.7 Å². The van der Waals surface area contributed by atoms with E-state index in [0.717, 1.165) is 17.1 Å². The second kappa shape index (κ2) is 15.1. The topological polar surface area (TPSA) is 138 Å². The number of amides is 2. The first-order chi connectivity index (χ1) is 27.7. The summed E-state index contributed by atoms with van der Waals surface area (Å²) in [6.07, 6.45) is 2.63. The van der Waals surface area contributed by atoms with E-state index < -0.39 is 43.1 Å². The summed E-state index contributed by atoms with van der Waals surface area (Å²) in [6, 6.07) is 13.2. The number of benzene rings is 1. The molecule has 1 aromatic carbocycles. The van der Waals surface area contributed by atoms with E-state index in [1.807, 2.05) is 21.7 Å². The monoisotopic (exact) mass is 814 g/mol. The van der Waals surface area contributed by atoms with Gasteiger partial charge in [-0.2, -0.15) is 23.5 Å². The number of aromatic nitrogens is 6. The Bertz CT molecular complexity index is 2390. The van der Waals surface area contributed by atoms with Crippen LogP contribution >= 0.6 is 0 Å². The van der Waals surface area contributed by atoms with Gasteiger partial charge < -0.3 is 9.30 Å². The van der Waals surface area contributed by atoms with Crippen LogP contribution in [0.3, 0.4) is 0 Å². The molecule has 2 amide bonds. The minimum absolute atomic E-state index is 0.0322. The first-order valence-electron chi connectivity index (χ1n) is 19.2. The van der Waals surface area contributed by atoms with E-state index in [2.05, 4.69) is 45.6 Å². The smallest absolute Gasteiger partial charge is 0.361 e. The summed E-state index contributed by atoms with van der Waals surface area (Å²) in [5.74, 6) is -2.26. The molecule has 18 heteroatoms. The highest BCUT2D eigenvalue weighted by Crippen LogP contribution is 2.42. The number of fused-ring (bicyclic) bond motifs is 2. The number of halogens is 4. The average Bonchev–Trinajstić information content (AvgIpc) is 3.86. The lowest BCUT2D eigenvalue weighted by Gasteiger charge is -2.53. The standard InChI is InChI=1S/C40H42F4N10O3Si/c1-58(2,3)19-18-57-25-51-17-11-30-33(47-24-48-35(30)51)31-21-53(49-36(31)54-37(55)28-6-4-5-7-29(28)38(54)56)39(12-13-45)22-52(23-39)27-9-15-50(16-10-27)20-26-8-14-46-34(32(26)41)40(42,43)44/h4-8,11,14,17,21,24,27H,9-10,12,15-16,18-20,22-23,25H2,1-3H3. The number of rotatable bonds is 12. The van der Waals surface area contributed by atoms with E-state index in [1.165, 1.54) is 12.4 Å². The van der Waals surface area contributed by atoms with Gasteiger partial charge in [0.15, 0.2) is 17.3 Å². The summed E-state index contributed by atoms with van der Waals surface area (Å²) >= 11 is 0. The highest BCUT2D eigenvalue weighted by atomic mass is 28.3. The molecule has 0 aliphatic carbocycles. The Balaban J connectivity index is 1.06. The molecular formula is C40H42F4N10O3Si. The van der Waals surface area contributed by atoms with E-state index in [-0.39, 0.29) is 48.2 Å². The summed E-state index contributed by atoms with van der Waals surface area (Å²) in [4.78, 5) is 45.5. The van der Waals surface area contributed by atoms with Crippen molar-refractivity contribution in [2.75, 3.05) is 37.7 Å². The molecule has 0 atom stereocenters. The van der Waals surface area contributed by atoms with Gasteiger partial charge in [0.05, 0.1) is 34.9 Å². The zero-order valence-electron chi connectivity index (χ0n) is 32.3. The Morgan fingerprint density at radius 3 is 2.34 bits per heavy atom. The predicted molar refractivity (Wildman–Crippen MR) is 208 cm³/mol. The number of piperidine rings is 1. The van der Waals surface area contributed by atoms with Crippen molar-refractivity contribution in [2.24, 2.45) is 0 Å². The molecule has 3 aliphatic rings. The fourth-order valence-corrected chi connectivity index (χ4v) is 8.88. The number of carbonyl (C=O) groups excluding carboxylic acids is 2. The molecular weight excluding hydrogens is 773 g/mol. The van der Waals surface area contributed by atoms with E-state index >= 15 is 0 Å². The van der Waals surface area contributed by atoms with Crippen molar-refractivity contribution < 1.29 is 31.9 Å². The van der Waals surface area contributed by atoms with E-state index in [0.29, 0.717) is 67.9 Å². The maximum Gasteiger partial charge on any atom is 0.436 e. The molecule has 2 fully saturated rings. The molecule has 0 bridgehead atoms. The molecule has 0 unspecified atom stereocenters. The molecule has 0 spiro atoms. The maximum absolute atomic E-state index is 14.7. The minimum atomic E-state index is -4.88. The number of alkyl halides is 3. The number of nitriles is 1. The first-order valence-corrected chi connectivity index (χ1v) is 22.9. The molecule has 0 radical (unpaired) electrons. The maximum atomic E-state index is 14.7. The third-order valence-corrected chi connectivity index (χ3v) is 13.0. The Morgan fingerprint density at radius 2 is 1.69 bits per heavy atom. The molecule has 7 heterocycles. The zero-order valence-corrected chi connectivity index (χ0v) is 33.3. The third kappa shape index (κ3) is 7.31. The molecule has 3 aliphatic heterocycles. The lowest BCUT2D eigenvalue weighted by Crippen LogP contribution is -2.66. The van der Waals surface area contributed by atoms with Crippen LogP contribution in [0.5, 0.6) is 0 Å². The Morgan fingerprint density at radius 1 is 0.983 bits per heavy atom. The largest absolute Gasteiger partial charge is 0.436 e. The van der Waals surface area contributed by atoms with Gasteiger partial charge in [-0.15, -0.1) is 0 Å². The van der Waals surface area contributed by atoms with Crippen molar-refractivity contribution in [2.45, 2.75) is 76.0 Å². The van der Waals surface area contributed by atoms with Crippen molar-refractivity contribution in [1.29, 1.82) is 5.26 Å². The highest BCUT2D eigenvalue weighted by Gasteiger charge is 2.50. The molecule has 4 aromatic heterocycles. The summed E-state index contributed by atoms with van der Waals surface area (Å²) in [5, 5.41) is 15.7. The van der Waals surface area contributed by atoms with Gasteiger partial charge in [0.25, 0.3) is 11.8 Å². The molecule has 0 saturated carbocycles. The number of anilines is 1. The fraction of sp³-hybridized carbons (Fsp3) is 0.425. The summed E-state index contributed by atoms with van der Waals surface area (Å²) in [6.45, 7) is 9.79. The van der Waals surface area contributed by atoms with Crippen LogP contribution in [0.15, 0.2) is 61.3 Å². The second-order valence-corrected chi connectivity index (χ2v) is 22.1. The molecule has 13 nitrogen and oxygen atoms in total. The van der Waals surface area contributed by atoms with Crippen LogP contribution in [0.1, 0.15) is 51.2 Å². The van der Waals surface area contributed by atoms with Crippen LogP contribution in [0.4, 0.5) is 23.4 Å². The summed E-state index contributed by atoms with van der Waals surface area (Å²) < 4.78 is 64.1. The van der Waals surface area contributed by atoms with Crippen molar-refractivity contribution in [1.82, 2.24) is 39.1 Å². The Labute approximate surface area is 332 Å². The van der Waals surface area contributed by atoms with Gasteiger partial charge in [-0.1, -0.05) is 31.8 Å². The Hall–Kier alpha value is -5.35. The normalized spacial score (nSPS) is 17.9. The lowest BCUT2D eigenvalue weighted by molar-refractivity contribution is -0.143. The van der Waals surface area contributed by atoms with Gasteiger partial charge in [-0.3, -0.25) is 24.1 Å². The van der Waals surface area contributed by atoms with Crippen molar-refractivity contribution in [3.8, 4) is 17.3 Å². The van der Waals surface area contributed by atoms with Gasteiger partial charge in [0, 0.05) is 69.9 Å². The van der Waals surface area contributed by atoms with E-state index in [1.54, 1.807) is 35.1 Å². The van der Waals surface area contributed by atoms with E-state index in [9.17, 15) is 32.4 Å². The van der Waals surface area contributed by atoms with Gasteiger partial charge in [-0.25, -0.2) is 24.2 Å². The molecule has 0 N–H and O–H groups in total. The summed E-state index contributed by atoms with van der Waals surface area (Å²) in [5.41, 5.74) is -0.321. The molecule has 302 valence electrons. The molecule has 2 saturated heterocycles. The number of imide groups is 1. The number of likely N-dealkylation sites (tertiary alicyclic amines) is 2. The number of ether oxygens (including phenoxy) is 1. The van der Waals surface area contributed by atoms with Crippen LogP contribution in [-0.4, -0.2) is 97.8 Å². The molecule has 8 rings (SSSR count). The summed E-state index contributed by atoms with van der Waals surface area (Å²) in [7, 11) is -1.29. The van der Waals surface area contributed by atoms with Crippen molar-refractivity contribution in [3.63, 3.8) is 0 Å². The minimum Gasteiger partial charge on any atom is -0.361 e.